The number of carbonyl (C=O) groups is 1. The number of nitrogens with zero attached hydrogens (tertiary/aromatic N) is 3. The van der Waals surface area contributed by atoms with Gasteiger partial charge in [-0.2, -0.15) is 0 Å². The van der Waals surface area contributed by atoms with Gasteiger partial charge in [-0.05, 0) is 44.9 Å². The SMILES string of the molecule is COc1cc(OC2CCCN(C(C)c3ccc(F)cc3F)C2=O)ccc1-n1cnc(C)c1. The average molecular weight is 441 g/mol. The van der Waals surface area contributed by atoms with Crippen LogP contribution in [0.4, 0.5) is 8.78 Å². The largest absolute Gasteiger partial charge is 0.494 e. The third kappa shape index (κ3) is 4.30. The zero-order valence-corrected chi connectivity index (χ0v) is 18.2. The molecule has 0 saturated carbocycles. The minimum absolute atomic E-state index is 0.222. The maximum atomic E-state index is 14.3. The van der Waals surface area contributed by atoms with Gasteiger partial charge in [0.05, 0.1) is 30.9 Å². The summed E-state index contributed by atoms with van der Waals surface area (Å²) in [6, 6.07) is 8.25. The summed E-state index contributed by atoms with van der Waals surface area (Å²) in [5.41, 5.74) is 1.96. The molecule has 1 fully saturated rings. The zero-order chi connectivity index (χ0) is 22.8. The number of imidazole rings is 1. The van der Waals surface area contributed by atoms with Crippen LogP contribution < -0.4 is 9.47 Å². The molecule has 0 bridgehead atoms. The molecule has 1 aromatic heterocycles. The molecule has 168 valence electrons. The second-order valence-electron chi connectivity index (χ2n) is 7.88. The number of aryl methyl sites for hydroxylation is 1. The van der Waals surface area contributed by atoms with Crippen molar-refractivity contribution in [1.29, 1.82) is 0 Å². The molecule has 6 nitrogen and oxygen atoms in total. The molecule has 8 heteroatoms. The second-order valence-corrected chi connectivity index (χ2v) is 7.88. The van der Waals surface area contributed by atoms with Crippen molar-refractivity contribution in [3.05, 3.63) is 71.8 Å². The molecule has 3 aromatic rings. The first-order valence-electron chi connectivity index (χ1n) is 10.5. The van der Waals surface area contributed by atoms with E-state index in [4.69, 9.17) is 9.47 Å². The maximum Gasteiger partial charge on any atom is 0.264 e. The van der Waals surface area contributed by atoms with Crippen molar-refractivity contribution in [2.24, 2.45) is 0 Å². The van der Waals surface area contributed by atoms with Gasteiger partial charge in [-0.25, -0.2) is 13.8 Å². The first-order valence-corrected chi connectivity index (χ1v) is 10.5. The van der Waals surface area contributed by atoms with Crippen LogP contribution in [0.15, 0.2) is 48.9 Å². The molecule has 2 aromatic carbocycles. The van der Waals surface area contributed by atoms with Gasteiger partial charge in [-0.1, -0.05) is 6.07 Å². The summed E-state index contributed by atoms with van der Waals surface area (Å²) in [6.07, 6.45) is 4.16. The van der Waals surface area contributed by atoms with Crippen molar-refractivity contribution >= 4 is 5.91 Å². The minimum atomic E-state index is -0.694. The number of amides is 1. The van der Waals surface area contributed by atoms with Gasteiger partial charge in [0.15, 0.2) is 6.10 Å². The zero-order valence-electron chi connectivity index (χ0n) is 18.2. The van der Waals surface area contributed by atoms with Gasteiger partial charge in [0, 0.05) is 30.4 Å². The van der Waals surface area contributed by atoms with E-state index in [1.54, 1.807) is 37.4 Å². The van der Waals surface area contributed by atoms with Crippen molar-refractivity contribution in [3.8, 4) is 17.2 Å². The summed E-state index contributed by atoms with van der Waals surface area (Å²) < 4.78 is 40.9. The lowest BCUT2D eigenvalue weighted by Gasteiger charge is -2.36. The number of rotatable bonds is 6. The first kappa shape index (κ1) is 21.8. The molecule has 1 aliphatic heterocycles. The van der Waals surface area contributed by atoms with E-state index in [-0.39, 0.29) is 11.5 Å². The lowest BCUT2D eigenvalue weighted by atomic mass is 10.0. The van der Waals surface area contributed by atoms with Gasteiger partial charge in [-0.3, -0.25) is 4.79 Å². The van der Waals surface area contributed by atoms with Crippen LogP contribution in [0.3, 0.4) is 0 Å². The maximum absolute atomic E-state index is 14.3. The Morgan fingerprint density at radius 1 is 1.19 bits per heavy atom. The molecular weight excluding hydrogens is 416 g/mol. The standard InChI is InChI=1S/C24H25F2N3O3/c1-15-13-28(14-27-15)21-9-7-18(12-23(21)31-3)32-22-5-4-10-29(24(22)30)16(2)19-8-6-17(25)11-20(19)26/h6-9,11-14,16,22H,4-5,10H2,1-3H3. The minimum Gasteiger partial charge on any atom is -0.494 e. The molecule has 2 atom stereocenters. The fourth-order valence-corrected chi connectivity index (χ4v) is 4.03. The van der Waals surface area contributed by atoms with Crippen LogP contribution in [0.25, 0.3) is 5.69 Å². The number of carbonyl (C=O) groups excluding carboxylic acids is 1. The first-order chi connectivity index (χ1) is 15.4. The molecular formula is C24H25F2N3O3. The summed E-state index contributed by atoms with van der Waals surface area (Å²) in [6.45, 7) is 4.13. The van der Waals surface area contributed by atoms with Crippen molar-refractivity contribution < 1.29 is 23.0 Å². The predicted molar refractivity (Wildman–Crippen MR) is 115 cm³/mol. The number of methoxy groups -OCH3 is 1. The predicted octanol–water partition coefficient (Wildman–Crippen LogP) is 4.60. The molecule has 0 spiro atoms. The molecule has 2 heterocycles. The number of piperidine rings is 1. The number of aromatic nitrogens is 2. The molecule has 1 aliphatic rings. The van der Waals surface area contributed by atoms with Crippen LogP contribution in [-0.4, -0.2) is 40.1 Å². The van der Waals surface area contributed by atoms with Crippen molar-refractivity contribution in [2.75, 3.05) is 13.7 Å². The van der Waals surface area contributed by atoms with E-state index in [1.165, 1.54) is 12.1 Å². The Kier molecular flexibility index (Phi) is 6.12. The van der Waals surface area contributed by atoms with Gasteiger partial charge in [0.1, 0.15) is 23.1 Å². The monoisotopic (exact) mass is 441 g/mol. The van der Waals surface area contributed by atoms with Crippen molar-refractivity contribution in [3.63, 3.8) is 0 Å². The van der Waals surface area contributed by atoms with Crippen LogP contribution in [0, 0.1) is 18.6 Å². The Hall–Kier alpha value is -3.42. The fraction of sp³-hybridized carbons (Fsp3) is 0.333. The van der Waals surface area contributed by atoms with E-state index in [0.29, 0.717) is 30.9 Å². The van der Waals surface area contributed by atoms with E-state index in [9.17, 15) is 13.6 Å². The number of benzene rings is 2. The topological polar surface area (TPSA) is 56.6 Å². The summed E-state index contributed by atoms with van der Waals surface area (Å²) in [5.74, 6) is -0.443. The molecule has 4 rings (SSSR count). The summed E-state index contributed by atoms with van der Waals surface area (Å²) in [4.78, 5) is 19.0. The van der Waals surface area contributed by atoms with Crippen LogP contribution >= 0.6 is 0 Å². The van der Waals surface area contributed by atoms with Gasteiger partial charge in [0.25, 0.3) is 5.91 Å². The van der Waals surface area contributed by atoms with E-state index in [0.717, 1.165) is 17.4 Å². The third-order valence-corrected chi connectivity index (χ3v) is 5.72. The second kappa shape index (κ2) is 8.98. The van der Waals surface area contributed by atoms with Gasteiger partial charge < -0.3 is 18.9 Å². The number of halogens is 2. The highest BCUT2D eigenvalue weighted by molar-refractivity contribution is 5.82. The number of hydrogen-bond acceptors (Lipinski definition) is 4. The van der Waals surface area contributed by atoms with E-state index in [2.05, 4.69) is 4.98 Å². The number of hydrogen-bond donors (Lipinski definition) is 0. The summed E-state index contributed by atoms with van der Waals surface area (Å²) in [7, 11) is 1.57. The Labute approximate surface area is 185 Å². The molecule has 32 heavy (non-hydrogen) atoms. The van der Waals surface area contributed by atoms with Crippen LogP contribution in [0.2, 0.25) is 0 Å². The highest BCUT2D eigenvalue weighted by Gasteiger charge is 2.34. The lowest BCUT2D eigenvalue weighted by molar-refractivity contribution is -0.144. The van der Waals surface area contributed by atoms with Crippen LogP contribution in [0.5, 0.6) is 11.5 Å². The number of likely N-dealkylation sites (tertiary alicyclic amines) is 1. The Balaban J connectivity index is 1.52. The third-order valence-electron chi connectivity index (χ3n) is 5.72. The Bertz CT molecular complexity index is 1130. The molecule has 1 saturated heterocycles. The van der Waals surface area contributed by atoms with Crippen molar-refractivity contribution in [1.82, 2.24) is 14.5 Å². The van der Waals surface area contributed by atoms with Crippen LogP contribution in [0.1, 0.15) is 37.1 Å². The van der Waals surface area contributed by atoms with Crippen LogP contribution in [-0.2, 0) is 4.79 Å². The fourth-order valence-electron chi connectivity index (χ4n) is 4.03. The highest BCUT2D eigenvalue weighted by atomic mass is 19.1. The molecule has 1 amide bonds. The lowest BCUT2D eigenvalue weighted by Crippen LogP contribution is -2.47. The Morgan fingerprint density at radius 2 is 2.00 bits per heavy atom. The van der Waals surface area contributed by atoms with E-state index in [1.807, 2.05) is 23.8 Å². The average Bonchev–Trinajstić information content (AvgIpc) is 3.20. The smallest absolute Gasteiger partial charge is 0.264 e. The molecule has 0 N–H and O–H groups in total. The quantitative estimate of drug-likeness (QED) is 0.561. The van der Waals surface area contributed by atoms with Gasteiger partial charge in [-0.15, -0.1) is 0 Å². The highest BCUT2D eigenvalue weighted by Crippen LogP contribution is 2.32. The van der Waals surface area contributed by atoms with Crippen molar-refractivity contribution in [2.45, 2.75) is 38.8 Å². The van der Waals surface area contributed by atoms with E-state index < -0.39 is 23.8 Å². The van der Waals surface area contributed by atoms with Gasteiger partial charge in [0.2, 0.25) is 0 Å². The molecule has 2 unspecified atom stereocenters. The summed E-state index contributed by atoms with van der Waals surface area (Å²) >= 11 is 0. The number of ether oxygens (including phenoxy) is 2. The molecule has 0 radical (unpaired) electrons. The Morgan fingerprint density at radius 3 is 2.69 bits per heavy atom. The van der Waals surface area contributed by atoms with Gasteiger partial charge >= 0.3 is 0 Å². The normalized spacial score (nSPS) is 17.3. The van der Waals surface area contributed by atoms with E-state index >= 15 is 0 Å². The molecule has 0 aliphatic carbocycles. The summed E-state index contributed by atoms with van der Waals surface area (Å²) in [5, 5.41) is 0.